The molecule has 3 N–H and O–H groups in total. The van der Waals surface area contributed by atoms with Gasteiger partial charge in [-0.05, 0) is 49.7 Å². The third kappa shape index (κ3) is 6.94. The second-order valence-electron chi connectivity index (χ2n) is 10.7. The Bertz CT molecular complexity index is 1360. The van der Waals surface area contributed by atoms with Crippen LogP contribution in [0.25, 0.3) is 0 Å². The molecule has 1 saturated heterocycles. The molecule has 1 aliphatic heterocycles. The maximum Gasteiger partial charge on any atom is 0.229 e. The van der Waals surface area contributed by atoms with E-state index in [9.17, 15) is 4.79 Å². The van der Waals surface area contributed by atoms with E-state index in [0.29, 0.717) is 35.5 Å². The summed E-state index contributed by atoms with van der Waals surface area (Å²) in [6, 6.07) is 14.4. The van der Waals surface area contributed by atoms with Gasteiger partial charge in [0.15, 0.2) is 5.82 Å². The van der Waals surface area contributed by atoms with Crippen molar-refractivity contribution in [2.24, 2.45) is 10.9 Å². The first-order chi connectivity index (χ1) is 20.1. The van der Waals surface area contributed by atoms with E-state index in [-0.39, 0.29) is 0 Å². The van der Waals surface area contributed by atoms with Crippen LogP contribution in [0.1, 0.15) is 37.7 Å². The molecular weight excluding hydrogens is 516 g/mol. The van der Waals surface area contributed by atoms with Crippen LogP contribution in [0.15, 0.2) is 53.7 Å². The summed E-state index contributed by atoms with van der Waals surface area (Å²) in [5.74, 6) is 1.72. The minimum Gasteiger partial charge on any atom is -0.494 e. The van der Waals surface area contributed by atoms with E-state index in [1.807, 2.05) is 31.3 Å². The van der Waals surface area contributed by atoms with Crippen molar-refractivity contribution in [3.8, 4) is 5.75 Å². The van der Waals surface area contributed by atoms with Crippen molar-refractivity contribution >= 4 is 46.6 Å². The van der Waals surface area contributed by atoms with Crippen molar-refractivity contribution in [3.05, 3.63) is 54.2 Å². The highest BCUT2D eigenvalue weighted by Gasteiger charge is 2.22. The fourth-order valence-corrected chi connectivity index (χ4v) is 5.58. The zero-order valence-electron chi connectivity index (χ0n) is 24.2. The van der Waals surface area contributed by atoms with Crippen molar-refractivity contribution < 1.29 is 9.53 Å². The van der Waals surface area contributed by atoms with E-state index < -0.39 is 0 Å². The molecule has 10 heteroatoms. The van der Waals surface area contributed by atoms with Crippen molar-refractivity contribution in [1.29, 1.82) is 0 Å². The Labute approximate surface area is 242 Å². The summed E-state index contributed by atoms with van der Waals surface area (Å²) in [6.07, 6.45) is 8.08. The molecule has 2 aliphatic rings. The number of ether oxygens (including phenoxy) is 1. The lowest BCUT2D eigenvalue weighted by Crippen LogP contribution is -2.44. The van der Waals surface area contributed by atoms with E-state index in [4.69, 9.17) is 9.73 Å². The summed E-state index contributed by atoms with van der Waals surface area (Å²) in [6.45, 7) is 4.00. The molecule has 3 aromatic rings. The smallest absolute Gasteiger partial charge is 0.229 e. The molecule has 2 fully saturated rings. The van der Waals surface area contributed by atoms with E-state index in [2.05, 4.69) is 61.0 Å². The summed E-state index contributed by atoms with van der Waals surface area (Å²) in [7, 11) is 5.72. The lowest BCUT2D eigenvalue weighted by molar-refractivity contribution is -0.105. The number of benzene rings is 2. The zero-order chi connectivity index (χ0) is 28.6. The molecule has 1 amide bonds. The maximum atomic E-state index is 11.6. The summed E-state index contributed by atoms with van der Waals surface area (Å²) < 4.78 is 5.71. The van der Waals surface area contributed by atoms with E-state index in [1.165, 1.54) is 19.3 Å². The van der Waals surface area contributed by atoms with Gasteiger partial charge in [0.05, 0.1) is 24.7 Å². The molecule has 2 heterocycles. The number of nitrogens with zero attached hydrogens (tertiary/aromatic N) is 5. The number of likely N-dealkylation sites (N-methyl/N-ethyl adjacent to an activating group) is 1. The number of aromatic nitrogens is 2. The highest BCUT2D eigenvalue weighted by molar-refractivity contribution is 6.05. The molecule has 0 bridgehead atoms. The van der Waals surface area contributed by atoms with Gasteiger partial charge in [-0.1, -0.05) is 31.4 Å². The van der Waals surface area contributed by atoms with Crippen LogP contribution in [0.4, 0.5) is 34.5 Å². The highest BCUT2D eigenvalue weighted by atomic mass is 16.5. The lowest BCUT2D eigenvalue weighted by atomic mass is 9.83. The quantitative estimate of drug-likeness (QED) is 0.228. The zero-order valence-corrected chi connectivity index (χ0v) is 24.2. The number of carbonyl (C=O) groups is 1. The fraction of sp³-hybridized carbons (Fsp3) is 0.419. The van der Waals surface area contributed by atoms with Gasteiger partial charge in [-0.3, -0.25) is 4.79 Å². The van der Waals surface area contributed by atoms with Crippen LogP contribution < -0.4 is 25.6 Å². The monoisotopic (exact) mass is 556 g/mol. The molecule has 1 aromatic heterocycles. The van der Waals surface area contributed by atoms with Crippen LogP contribution in [-0.4, -0.2) is 74.4 Å². The molecule has 41 heavy (non-hydrogen) atoms. The predicted molar refractivity (Wildman–Crippen MR) is 166 cm³/mol. The predicted octanol–water partition coefficient (Wildman–Crippen LogP) is 5.29. The molecule has 1 aliphatic carbocycles. The number of hydrogen-bond donors (Lipinski definition) is 3. The molecule has 0 spiro atoms. The summed E-state index contributed by atoms with van der Waals surface area (Å²) in [5, 5.41) is 9.22. The number of rotatable bonds is 10. The molecule has 1 saturated carbocycles. The van der Waals surface area contributed by atoms with Gasteiger partial charge in [0.1, 0.15) is 11.4 Å². The van der Waals surface area contributed by atoms with Gasteiger partial charge >= 0.3 is 0 Å². The molecule has 2 aromatic carbocycles. The van der Waals surface area contributed by atoms with Gasteiger partial charge < -0.3 is 30.5 Å². The van der Waals surface area contributed by atoms with E-state index >= 15 is 0 Å². The number of piperazine rings is 1. The third-order valence-electron chi connectivity index (χ3n) is 7.94. The SMILES string of the molecule is CNc1cccc(C(=Nc2cnc(Nc3ccc(N4CCN(C)CC4)cc3OC)nc2NC=O)C2CCCCC2)c1. The first kappa shape index (κ1) is 28.4. The molecule has 0 unspecified atom stereocenters. The molecule has 0 atom stereocenters. The minimum atomic E-state index is 0.334. The largest absolute Gasteiger partial charge is 0.494 e. The summed E-state index contributed by atoms with van der Waals surface area (Å²) in [4.78, 5) is 30.5. The van der Waals surface area contributed by atoms with Crippen LogP contribution in [0, 0.1) is 5.92 Å². The molecule has 216 valence electrons. The maximum absolute atomic E-state index is 11.6. The average Bonchev–Trinajstić information content (AvgIpc) is 3.02. The first-order valence-corrected chi connectivity index (χ1v) is 14.4. The number of hydrogen-bond acceptors (Lipinski definition) is 9. The van der Waals surface area contributed by atoms with Crippen LogP contribution >= 0.6 is 0 Å². The first-order valence-electron chi connectivity index (χ1n) is 14.4. The van der Waals surface area contributed by atoms with Gasteiger partial charge in [-0.15, -0.1) is 0 Å². The Balaban J connectivity index is 1.44. The molecule has 5 rings (SSSR count). The number of amides is 1. The Kier molecular flexibility index (Phi) is 9.30. The normalized spacial score (nSPS) is 16.8. The Morgan fingerprint density at radius 3 is 2.61 bits per heavy atom. The Morgan fingerprint density at radius 1 is 1.07 bits per heavy atom. The molecule has 0 radical (unpaired) electrons. The molecular formula is C31H40N8O2. The third-order valence-corrected chi connectivity index (χ3v) is 7.94. The van der Waals surface area contributed by atoms with Crippen LogP contribution in [0.3, 0.4) is 0 Å². The number of nitrogens with one attached hydrogen (secondary N) is 3. The standard InChI is InChI=1S/C31H40N8O2/c1-32-24-11-7-10-23(18-24)29(22-8-5-4-6-9-22)35-27-20-33-31(37-30(27)34-21-40)36-26-13-12-25(19-28(26)41-3)39-16-14-38(2)15-17-39/h7,10-13,18-22,32H,4-6,8-9,14-17H2,1-3H3,(H2,33,34,36,37,40). The minimum absolute atomic E-state index is 0.334. The highest BCUT2D eigenvalue weighted by Crippen LogP contribution is 2.34. The van der Waals surface area contributed by atoms with Crippen LogP contribution in [-0.2, 0) is 4.79 Å². The average molecular weight is 557 g/mol. The van der Waals surface area contributed by atoms with Crippen molar-refractivity contribution in [3.63, 3.8) is 0 Å². The fourth-order valence-electron chi connectivity index (χ4n) is 5.58. The van der Waals surface area contributed by atoms with Gasteiger partial charge in [0.2, 0.25) is 12.4 Å². The van der Waals surface area contributed by atoms with Crippen LogP contribution in [0.5, 0.6) is 5.75 Å². The van der Waals surface area contributed by atoms with Gasteiger partial charge in [0, 0.05) is 56.6 Å². The van der Waals surface area contributed by atoms with Gasteiger partial charge in [-0.25, -0.2) is 9.98 Å². The number of anilines is 5. The number of carbonyl (C=O) groups excluding carboxylic acids is 1. The van der Waals surface area contributed by atoms with Gasteiger partial charge in [0.25, 0.3) is 0 Å². The van der Waals surface area contributed by atoms with E-state index in [1.54, 1.807) is 13.3 Å². The van der Waals surface area contributed by atoms with Crippen molar-refractivity contribution in [2.45, 2.75) is 32.1 Å². The van der Waals surface area contributed by atoms with Crippen molar-refractivity contribution in [1.82, 2.24) is 14.9 Å². The topological polar surface area (TPSA) is 107 Å². The lowest BCUT2D eigenvalue weighted by Gasteiger charge is -2.34. The Morgan fingerprint density at radius 2 is 1.88 bits per heavy atom. The second-order valence-corrected chi connectivity index (χ2v) is 10.7. The summed E-state index contributed by atoms with van der Waals surface area (Å²) >= 11 is 0. The van der Waals surface area contributed by atoms with Crippen LogP contribution in [0.2, 0.25) is 0 Å². The number of methoxy groups -OCH3 is 1. The van der Waals surface area contributed by atoms with Crippen molar-refractivity contribution in [2.75, 3.05) is 68.2 Å². The second kappa shape index (κ2) is 13.5. The number of aliphatic imine (C=N–C) groups is 1. The van der Waals surface area contributed by atoms with Gasteiger partial charge in [-0.2, -0.15) is 4.98 Å². The van der Waals surface area contributed by atoms with E-state index in [0.717, 1.165) is 67.4 Å². The summed E-state index contributed by atoms with van der Waals surface area (Å²) in [5.41, 5.74) is 5.47. The molecule has 10 nitrogen and oxygen atoms in total. The Hall–Kier alpha value is -4.18.